The summed E-state index contributed by atoms with van der Waals surface area (Å²) in [6, 6.07) is 9.99. The summed E-state index contributed by atoms with van der Waals surface area (Å²) >= 11 is 0. The maximum absolute atomic E-state index is 11.5. The Balaban J connectivity index is 1.84. The van der Waals surface area contributed by atoms with E-state index in [2.05, 4.69) is 13.0 Å². The van der Waals surface area contributed by atoms with E-state index in [4.69, 9.17) is 14.2 Å². The van der Waals surface area contributed by atoms with E-state index in [0.717, 1.165) is 5.56 Å². The van der Waals surface area contributed by atoms with Gasteiger partial charge in [-0.1, -0.05) is 43.3 Å². The second-order valence-electron chi connectivity index (χ2n) is 6.14. The fourth-order valence-corrected chi connectivity index (χ4v) is 3.43. The van der Waals surface area contributed by atoms with Crippen molar-refractivity contribution >= 4 is 5.97 Å². The minimum absolute atomic E-state index is 0.115. The van der Waals surface area contributed by atoms with Crippen LogP contribution in [0.15, 0.2) is 42.5 Å². The molecule has 22 heavy (non-hydrogen) atoms. The molecule has 5 atom stereocenters. The van der Waals surface area contributed by atoms with Gasteiger partial charge in [0, 0.05) is 12.8 Å². The van der Waals surface area contributed by atoms with Gasteiger partial charge in [0.05, 0.1) is 12.7 Å². The summed E-state index contributed by atoms with van der Waals surface area (Å²) < 4.78 is 17.8. The molecule has 0 N–H and O–H groups in total. The minimum atomic E-state index is -0.694. The number of carbonyl (C=O) groups excluding carboxylic acids is 1. The number of ether oxygens (including phenoxy) is 3. The van der Waals surface area contributed by atoms with Gasteiger partial charge in [-0.3, -0.25) is 4.79 Å². The third-order valence-electron chi connectivity index (χ3n) is 4.44. The third-order valence-corrected chi connectivity index (χ3v) is 4.44. The lowest BCUT2D eigenvalue weighted by atomic mass is 9.90. The van der Waals surface area contributed by atoms with Crippen LogP contribution in [0.5, 0.6) is 0 Å². The molecule has 1 saturated heterocycles. The van der Waals surface area contributed by atoms with Gasteiger partial charge in [-0.05, 0) is 18.6 Å². The summed E-state index contributed by atoms with van der Waals surface area (Å²) in [6.45, 7) is 5.91. The Bertz CT molecular complexity index is 568. The fraction of sp³-hybridized carbons (Fsp3) is 0.500. The van der Waals surface area contributed by atoms with E-state index in [1.54, 1.807) is 0 Å². The zero-order chi connectivity index (χ0) is 15.7. The molecule has 3 rings (SSSR count). The van der Waals surface area contributed by atoms with E-state index >= 15 is 0 Å². The molecular weight excluding hydrogens is 280 g/mol. The first-order valence-corrected chi connectivity index (χ1v) is 7.73. The van der Waals surface area contributed by atoms with E-state index in [1.165, 1.54) is 6.92 Å². The highest BCUT2D eigenvalue weighted by molar-refractivity contribution is 5.66. The van der Waals surface area contributed by atoms with Gasteiger partial charge in [-0.2, -0.15) is 0 Å². The first-order chi connectivity index (χ1) is 10.5. The van der Waals surface area contributed by atoms with Gasteiger partial charge in [0.15, 0.2) is 11.7 Å². The number of hydrogen-bond donors (Lipinski definition) is 0. The number of hydrogen-bond acceptors (Lipinski definition) is 4. The Hall–Kier alpha value is -1.65. The van der Waals surface area contributed by atoms with E-state index in [9.17, 15) is 4.79 Å². The number of fused-ring (bicyclic) bond motifs is 1. The standard InChI is InChI=1S/C18H22O4/c1-12-9-10-18(20-11-15-7-5-4-6-8-15)16(12)21-13(2)17(18)22-14(3)19/h4-10,12-13,16-17H,11H2,1-3H3/t12-,13+,16-,17+,18-/m1/s1. The zero-order valence-corrected chi connectivity index (χ0v) is 13.2. The highest BCUT2D eigenvalue weighted by Crippen LogP contribution is 2.46. The molecular formula is C18H22O4. The Labute approximate surface area is 131 Å². The quantitative estimate of drug-likeness (QED) is 0.634. The Morgan fingerprint density at radius 2 is 2.00 bits per heavy atom. The predicted molar refractivity (Wildman–Crippen MR) is 82.2 cm³/mol. The Morgan fingerprint density at radius 3 is 2.68 bits per heavy atom. The maximum Gasteiger partial charge on any atom is 0.303 e. The van der Waals surface area contributed by atoms with Crippen molar-refractivity contribution in [2.45, 2.75) is 51.3 Å². The van der Waals surface area contributed by atoms with Crippen LogP contribution in [0.3, 0.4) is 0 Å². The molecule has 0 unspecified atom stereocenters. The minimum Gasteiger partial charge on any atom is -0.456 e. The van der Waals surface area contributed by atoms with Crippen LogP contribution in [-0.4, -0.2) is 29.9 Å². The molecule has 1 aromatic rings. The Morgan fingerprint density at radius 1 is 1.27 bits per heavy atom. The van der Waals surface area contributed by atoms with Crippen LogP contribution in [-0.2, 0) is 25.6 Å². The molecule has 1 aliphatic heterocycles. The lowest BCUT2D eigenvalue weighted by Crippen LogP contribution is -2.49. The van der Waals surface area contributed by atoms with E-state index in [0.29, 0.717) is 6.61 Å². The average molecular weight is 302 g/mol. The van der Waals surface area contributed by atoms with Crippen LogP contribution in [0.4, 0.5) is 0 Å². The SMILES string of the molecule is CC(=O)O[C@H]1[C@H](C)O[C@@H]2[C@H](C)C=C[C@@]21OCc1ccccc1. The average Bonchev–Trinajstić information content (AvgIpc) is 2.95. The van der Waals surface area contributed by atoms with E-state index in [1.807, 2.05) is 43.3 Å². The summed E-state index contributed by atoms with van der Waals surface area (Å²) in [6.07, 6.45) is 3.38. The summed E-state index contributed by atoms with van der Waals surface area (Å²) in [4.78, 5) is 11.5. The topological polar surface area (TPSA) is 44.8 Å². The van der Waals surface area contributed by atoms with Crippen molar-refractivity contribution in [1.29, 1.82) is 0 Å². The highest BCUT2D eigenvalue weighted by atomic mass is 16.6. The van der Waals surface area contributed by atoms with Gasteiger partial charge < -0.3 is 14.2 Å². The molecule has 0 spiro atoms. The number of benzene rings is 1. The molecule has 1 fully saturated rings. The van der Waals surface area contributed by atoms with Crippen molar-refractivity contribution in [2.24, 2.45) is 5.92 Å². The van der Waals surface area contributed by atoms with Crippen molar-refractivity contribution < 1.29 is 19.0 Å². The largest absolute Gasteiger partial charge is 0.456 e. The van der Waals surface area contributed by atoms with E-state index < -0.39 is 11.7 Å². The third kappa shape index (κ3) is 2.57. The second kappa shape index (κ2) is 5.86. The van der Waals surface area contributed by atoms with Gasteiger partial charge in [0.25, 0.3) is 0 Å². The normalized spacial score (nSPS) is 36.3. The number of esters is 1. The van der Waals surface area contributed by atoms with Crippen LogP contribution >= 0.6 is 0 Å². The monoisotopic (exact) mass is 302 g/mol. The number of carbonyl (C=O) groups is 1. The molecule has 1 aliphatic carbocycles. The van der Waals surface area contributed by atoms with Gasteiger partial charge in [0.1, 0.15) is 6.10 Å². The van der Waals surface area contributed by atoms with Crippen LogP contribution in [0.25, 0.3) is 0 Å². The lowest BCUT2D eigenvalue weighted by Gasteiger charge is -2.33. The molecule has 1 heterocycles. The van der Waals surface area contributed by atoms with Crippen LogP contribution in [0.2, 0.25) is 0 Å². The molecule has 0 radical (unpaired) electrons. The van der Waals surface area contributed by atoms with Gasteiger partial charge >= 0.3 is 5.97 Å². The first kappa shape index (κ1) is 15.3. The second-order valence-corrected chi connectivity index (χ2v) is 6.14. The smallest absolute Gasteiger partial charge is 0.303 e. The summed E-state index contributed by atoms with van der Waals surface area (Å²) in [5.74, 6) is -0.0736. The molecule has 0 saturated carbocycles. The van der Waals surface area contributed by atoms with Crippen molar-refractivity contribution in [1.82, 2.24) is 0 Å². The van der Waals surface area contributed by atoms with Crippen LogP contribution < -0.4 is 0 Å². The molecule has 1 aromatic carbocycles. The molecule has 4 nitrogen and oxygen atoms in total. The highest BCUT2D eigenvalue weighted by Gasteiger charge is 2.60. The summed E-state index contributed by atoms with van der Waals surface area (Å²) in [5, 5.41) is 0. The molecule has 0 bridgehead atoms. The zero-order valence-electron chi connectivity index (χ0n) is 13.2. The molecule has 4 heteroatoms. The van der Waals surface area contributed by atoms with Gasteiger partial charge in [-0.15, -0.1) is 0 Å². The molecule has 2 aliphatic rings. The van der Waals surface area contributed by atoms with Crippen LogP contribution in [0.1, 0.15) is 26.3 Å². The molecule has 0 aromatic heterocycles. The van der Waals surface area contributed by atoms with Gasteiger partial charge in [0.2, 0.25) is 0 Å². The summed E-state index contributed by atoms with van der Waals surface area (Å²) in [7, 11) is 0. The molecule has 118 valence electrons. The first-order valence-electron chi connectivity index (χ1n) is 7.73. The Kier molecular flexibility index (Phi) is 4.06. The summed E-state index contributed by atoms with van der Waals surface area (Å²) in [5.41, 5.74) is 0.394. The van der Waals surface area contributed by atoms with Crippen molar-refractivity contribution in [3.63, 3.8) is 0 Å². The van der Waals surface area contributed by atoms with E-state index in [-0.39, 0.29) is 24.1 Å². The number of rotatable bonds is 4. The van der Waals surface area contributed by atoms with Crippen molar-refractivity contribution in [2.75, 3.05) is 0 Å². The van der Waals surface area contributed by atoms with Crippen molar-refractivity contribution in [3.05, 3.63) is 48.0 Å². The fourth-order valence-electron chi connectivity index (χ4n) is 3.43. The maximum atomic E-state index is 11.5. The van der Waals surface area contributed by atoms with Crippen LogP contribution in [0, 0.1) is 5.92 Å². The predicted octanol–water partition coefficient (Wildman–Crippen LogP) is 2.87. The van der Waals surface area contributed by atoms with Crippen molar-refractivity contribution in [3.8, 4) is 0 Å². The lowest BCUT2D eigenvalue weighted by molar-refractivity contribution is -0.163. The molecule has 0 amide bonds. The van der Waals surface area contributed by atoms with Gasteiger partial charge in [-0.25, -0.2) is 0 Å².